The Bertz CT molecular complexity index is 462. The standard InChI is InChI=1S/C9H7N3/c1-3-7-4-8-9(10-5-7)12(2)6-11-8/h1,4-6H,2H3. The molecule has 0 spiro atoms. The van der Waals surface area contributed by atoms with Crippen molar-refractivity contribution >= 4 is 11.2 Å². The lowest BCUT2D eigenvalue weighted by atomic mass is 10.3. The second kappa shape index (κ2) is 2.35. The molecule has 0 bridgehead atoms. The molecule has 0 unspecified atom stereocenters. The van der Waals surface area contributed by atoms with Crippen LogP contribution in [0.4, 0.5) is 0 Å². The maximum Gasteiger partial charge on any atom is 0.159 e. The second-order valence-corrected chi connectivity index (χ2v) is 2.57. The van der Waals surface area contributed by atoms with Crippen LogP contribution < -0.4 is 0 Å². The molecule has 58 valence electrons. The predicted octanol–water partition coefficient (Wildman–Crippen LogP) is 0.950. The van der Waals surface area contributed by atoms with E-state index in [1.54, 1.807) is 12.5 Å². The van der Waals surface area contributed by atoms with Gasteiger partial charge < -0.3 is 4.57 Å². The molecule has 0 amide bonds. The SMILES string of the molecule is C#Cc1cnc2c(c1)ncn2C. The van der Waals surface area contributed by atoms with E-state index in [2.05, 4.69) is 15.9 Å². The van der Waals surface area contributed by atoms with E-state index >= 15 is 0 Å². The largest absolute Gasteiger partial charge is 0.318 e. The van der Waals surface area contributed by atoms with Crippen LogP contribution in [0.1, 0.15) is 5.56 Å². The van der Waals surface area contributed by atoms with Gasteiger partial charge in [0.05, 0.1) is 6.33 Å². The fourth-order valence-electron chi connectivity index (χ4n) is 1.10. The van der Waals surface area contributed by atoms with E-state index in [1.165, 1.54) is 0 Å². The summed E-state index contributed by atoms with van der Waals surface area (Å²) >= 11 is 0. The van der Waals surface area contributed by atoms with E-state index in [-0.39, 0.29) is 0 Å². The van der Waals surface area contributed by atoms with Crippen molar-refractivity contribution in [3.05, 3.63) is 24.2 Å². The first kappa shape index (κ1) is 6.86. The van der Waals surface area contributed by atoms with Gasteiger partial charge in [-0.15, -0.1) is 6.42 Å². The molecule has 2 rings (SSSR count). The zero-order chi connectivity index (χ0) is 8.55. The molecule has 0 saturated heterocycles. The molecule has 12 heavy (non-hydrogen) atoms. The Balaban J connectivity index is 2.80. The smallest absolute Gasteiger partial charge is 0.159 e. The van der Waals surface area contributed by atoms with Gasteiger partial charge in [-0.2, -0.15) is 0 Å². The van der Waals surface area contributed by atoms with E-state index in [0.29, 0.717) is 0 Å². The predicted molar refractivity (Wildman–Crippen MR) is 46.4 cm³/mol. The topological polar surface area (TPSA) is 30.7 Å². The summed E-state index contributed by atoms with van der Waals surface area (Å²) in [5.41, 5.74) is 2.46. The van der Waals surface area contributed by atoms with Gasteiger partial charge in [0.2, 0.25) is 0 Å². The summed E-state index contributed by atoms with van der Waals surface area (Å²) in [6.07, 6.45) is 8.61. The average Bonchev–Trinajstić information content (AvgIpc) is 2.47. The highest BCUT2D eigenvalue weighted by Crippen LogP contribution is 2.09. The normalized spacial score (nSPS) is 10.0. The number of fused-ring (bicyclic) bond motifs is 1. The number of hydrogen-bond donors (Lipinski definition) is 0. The van der Waals surface area contributed by atoms with Gasteiger partial charge in [-0.3, -0.25) is 0 Å². The first-order valence-electron chi connectivity index (χ1n) is 3.55. The van der Waals surface area contributed by atoms with Crippen LogP contribution in [-0.2, 0) is 7.05 Å². The lowest BCUT2D eigenvalue weighted by molar-refractivity contribution is 0.931. The average molecular weight is 157 g/mol. The Hall–Kier alpha value is -1.82. The number of rotatable bonds is 0. The number of aryl methyl sites for hydroxylation is 1. The molecule has 0 aliphatic carbocycles. The summed E-state index contributed by atoms with van der Waals surface area (Å²) in [4.78, 5) is 8.30. The van der Waals surface area contributed by atoms with Crippen molar-refractivity contribution in [3.8, 4) is 12.3 Å². The molecule has 3 heteroatoms. The zero-order valence-corrected chi connectivity index (χ0v) is 6.65. The zero-order valence-electron chi connectivity index (χ0n) is 6.65. The minimum absolute atomic E-state index is 0.765. The number of nitrogens with zero attached hydrogens (tertiary/aromatic N) is 3. The molecule has 0 saturated carbocycles. The van der Waals surface area contributed by atoms with Gasteiger partial charge in [-0.05, 0) is 6.07 Å². The van der Waals surface area contributed by atoms with E-state index in [1.807, 2.05) is 17.7 Å². The molecule has 0 aromatic carbocycles. The van der Waals surface area contributed by atoms with Gasteiger partial charge in [-0.1, -0.05) is 5.92 Å². The van der Waals surface area contributed by atoms with Crippen molar-refractivity contribution in [2.24, 2.45) is 7.05 Å². The summed E-state index contributed by atoms with van der Waals surface area (Å²) in [6.45, 7) is 0. The van der Waals surface area contributed by atoms with Gasteiger partial charge in [0.1, 0.15) is 5.52 Å². The van der Waals surface area contributed by atoms with E-state index in [0.717, 1.165) is 16.7 Å². The van der Waals surface area contributed by atoms with Crippen molar-refractivity contribution in [2.75, 3.05) is 0 Å². The third kappa shape index (κ3) is 0.857. The van der Waals surface area contributed by atoms with E-state index in [4.69, 9.17) is 6.42 Å². The second-order valence-electron chi connectivity index (χ2n) is 2.57. The van der Waals surface area contributed by atoms with Crippen LogP contribution in [-0.4, -0.2) is 14.5 Å². The Kier molecular flexibility index (Phi) is 1.34. The molecule has 0 N–H and O–H groups in total. The monoisotopic (exact) mass is 157 g/mol. The highest BCUT2D eigenvalue weighted by Gasteiger charge is 1.99. The van der Waals surface area contributed by atoms with Crippen molar-refractivity contribution in [1.82, 2.24) is 14.5 Å². The van der Waals surface area contributed by atoms with Gasteiger partial charge in [-0.25, -0.2) is 9.97 Å². The van der Waals surface area contributed by atoms with Crippen molar-refractivity contribution < 1.29 is 0 Å². The van der Waals surface area contributed by atoms with E-state index < -0.39 is 0 Å². The number of terminal acetylenes is 1. The molecule has 2 aromatic heterocycles. The number of aromatic nitrogens is 3. The molecular weight excluding hydrogens is 150 g/mol. The maximum absolute atomic E-state index is 5.22. The first-order chi connectivity index (χ1) is 5.81. The lowest BCUT2D eigenvalue weighted by Crippen LogP contribution is -1.87. The molecule has 0 aliphatic heterocycles. The molecular formula is C9H7N3. The van der Waals surface area contributed by atoms with Crippen LogP contribution in [0, 0.1) is 12.3 Å². The minimum Gasteiger partial charge on any atom is -0.318 e. The number of hydrogen-bond acceptors (Lipinski definition) is 2. The van der Waals surface area contributed by atoms with E-state index in [9.17, 15) is 0 Å². The maximum atomic E-state index is 5.22. The third-order valence-corrected chi connectivity index (χ3v) is 1.72. The Labute approximate surface area is 70.1 Å². The fourth-order valence-corrected chi connectivity index (χ4v) is 1.10. The van der Waals surface area contributed by atoms with Crippen molar-refractivity contribution in [1.29, 1.82) is 0 Å². The highest BCUT2D eigenvalue weighted by molar-refractivity contribution is 5.72. The molecule has 2 aromatic rings. The Morgan fingerprint density at radius 1 is 1.50 bits per heavy atom. The first-order valence-corrected chi connectivity index (χ1v) is 3.55. The molecule has 3 nitrogen and oxygen atoms in total. The van der Waals surface area contributed by atoms with Crippen LogP contribution in [0.2, 0.25) is 0 Å². The molecule has 2 heterocycles. The Morgan fingerprint density at radius 3 is 3.08 bits per heavy atom. The molecule has 0 aliphatic rings. The quantitative estimate of drug-likeness (QED) is 0.533. The molecule has 0 fully saturated rings. The minimum atomic E-state index is 0.765. The highest BCUT2D eigenvalue weighted by atomic mass is 15.1. The van der Waals surface area contributed by atoms with Crippen LogP contribution >= 0.6 is 0 Å². The van der Waals surface area contributed by atoms with Crippen molar-refractivity contribution in [2.45, 2.75) is 0 Å². The summed E-state index contributed by atoms with van der Waals surface area (Å²) in [7, 11) is 1.90. The van der Waals surface area contributed by atoms with Crippen LogP contribution in [0.5, 0.6) is 0 Å². The summed E-state index contributed by atoms with van der Waals surface area (Å²) in [6, 6.07) is 1.85. The van der Waals surface area contributed by atoms with Crippen LogP contribution in [0.25, 0.3) is 11.2 Å². The lowest BCUT2D eigenvalue weighted by Gasteiger charge is -1.92. The van der Waals surface area contributed by atoms with Crippen LogP contribution in [0.15, 0.2) is 18.6 Å². The van der Waals surface area contributed by atoms with Crippen LogP contribution in [0.3, 0.4) is 0 Å². The fraction of sp³-hybridized carbons (Fsp3) is 0.111. The number of pyridine rings is 1. The summed E-state index contributed by atoms with van der Waals surface area (Å²) < 4.78 is 1.86. The summed E-state index contributed by atoms with van der Waals surface area (Å²) in [5.74, 6) is 2.52. The van der Waals surface area contributed by atoms with Crippen molar-refractivity contribution in [3.63, 3.8) is 0 Å². The van der Waals surface area contributed by atoms with Gasteiger partial charge in [0.15, 0.2) is 5.65 Å². The molecule has 0 radical (unpaired) electrons. The van der Waals surface area contributed by atoms with Gasteiger partial charge in [0.25, 0.3) is 0 Å². The Morgan fingerprint density at radius 2 is 2.33 bits per heavy atom. The third-order valence-electron chi connectivity index (χ3n) is 1.72. The molecule has 0 atom stereocenters. The van der Waals surface area contributed by atoms with Gasteiger partial charge in [0, 0.05) is 18.8 Å². The summed E-state index contributed by atoms with van der Waals surface area (Å²) in [5, 5.41) is 0. The number of imidazole rings is 1. The van der Waals surface area contributed by atoms with Gasteiger partial charge >= 0.3 is 0 Å².